The molecule has 0 aliphatic heterocycles. The standard InChI is InChI=1S/C11H7ClO4.W/c12-11(7-15,10(16)6-14)9-4-2-1-3-8(9)5-13;/h1-4,7,9,16H;. The van der Waals surface area contributed by atoms with Crippen LogP contribution >= 0.6 is 11.6 Å². The third-order valence-corrected chi connectivity index (χ3v) is 2.73. The van der Waals surface area contributed by atoms with Gasteiger partial charge in [0.2, 0.25) is 5.76 Å². The molecule has 0 radical (unpaired) electrons. The Balaban J connectivity index is 0.00000256. The first-order chi connectivity index (χ1) is 7.60. The number of hydrogen-bond donors (Lipinski definition) is 1. The largest absolute Gasteiger partial charge is 0.500 e. The third-order valence-electron chi connectivity index (χ3n) is 2.23. The van der Waals surface area contributed by atoms with Crippen LogP contribution < -0.4 is 0 Å². The van der Waals surface area contributed by atoms with E-state index in [0.717, 1.165) is 5.94 Å². The maximum Gasteiger partial charge on any atom is 0.206 e. The molecule has 1 aliphatic carbocycles. The molecule has 0 aromatic carbocycles. The molecule has 0 spiro atoms. The third kappa shape index (κ3) is 2.94. The molecule has 0 aromatic heterocycles. The Bertz CT molecular complexity index is 470. The van der Waals surface area contributed by atoms with E-state index < -0.39 is 16.6 Å². The van der Waals surface area contributed by atoms with Gasteiger partial charge in [0.1, 0.15) is 12.2 Å². The van der Waals surface area contributed by atoms with Gasteiger partial charge in [-0.05, 0) is 6.08 Å². The first-order valence-corrected chi connectivity index (χ1v) is 4.67. The van der Waals surface area contributed by atoms with E-state index in [1.165, 1.54) is 12.2 Å². The quantitative estimate of drug-likeness (QED) is 0.318. The molecule has 0 saturated carbocycles. The summed E-state index contributed by atoms with van der Waals surface area (Å²) in [6.45, 7) is 0. The van der Waals surface area contributed by atoms with Gasteiger partial charge in [-0.25, -0.2) is 9.59 Å². The minimum Gasteiger partial charge on any atom is -0.500 e. The Morgan fingerprint density at radius 3 is 2.59 bits per heavy atom. The summed E-state index contributed by atoms with van der Waals surface area (Å²) in [7, 11) is 0. The number of halogens is 1. The molecule has 88 valence electrons. The summed E-state index contributed by atoms with van der Waals surface area (Å²) in [5.41, 5.74) is 0.0754. The minimum atomic E-state index is -2.00. The number of allylic oxidation sites excluding steroid dienone is 6. The van der Waals surface area contributed by atoms with Gasteiger partial charge >= 0.3 is 0 Å². The van der Waals surface area contributed by atoms with Crippen LogP contribution in [0.15, 0.2) is 35.6 Å². The van der Waals surface area contributed by atoms with Gasteiger partial charge in [0, 0.05) is 32.6 Å². The predicted octanol–water partition coefficient (Wildman–Crippen LogP) is 0.934. The van der Waals surface area contributed by atoms with Crippen molar-refractivity contribution in [2.45, 2.75) is 4.87 Å². The Labute approximate surface area is 117 Å². The SMILES string of the molecule is O=C=C1C=CC=CC1C(Cl)(C=O)C(O)=C=O.[W]. The van der Waals surface area contributed by atoms with Crippen molar-refractivity contribution in [1.82, 2.24) is 0 Å². The summed E-state index contributed by atoms with van der Waals surface area (Å²) < 4.78 is 0. The molecule has 0 heterocycles. The number of rotatable bonds is 3. The second-order valence-corrected chi connectivity index (χ2v) is 3.74. The molecule has 4 nitrogen and oxygen atoms in total. The molecule has 0 aromatic rings. The predicted molar refractivity (Wildman–Crippen MR) is 57.5 cm³/mol. The molecule has 17 heavy (non-hydrogen) atoms. The van der Waals surface area contributed by atoms with Crippen molar-refractivity contribution in [2.24, 2.45) is 5.92 Å². The summed E-state index contributed by atoms with van der Waals surface area (Å²) in [5.74, 6) is 0.869. The van der Waals surface area contributed by atoms with Crippen molar-refractivity contribution in [1.29, 1.82) is 0 Å². The van der Waals surface area contributed by atoms with Crippen LogP contribution in [0.1, 0.15) is 0 Å². The summed E-state index contributed by atoms with van der Waals surface area (Å²) in [5, 5.41) is 9.27. The van der Waals surface area contributed by atoms with Crippen LogP contribution in [0.3, 0.4) is 0 Å². The average molecular weight is 422 g/mol. The van der Waals surface area contributed by atoms with Crippen LogP contribution in [0, 0.1) is 5.92 Å². The number of carbonyl (C=O) groups excluding carboxylic acids is 3. The van der Waals surface area contributed by atoms with Crippen LogP contribution in [0.5, 0.6) is 0 Å². The van der Waals surface area contributed by atoms with Crippen LogP contribution in [-0.2, 0) is 35.4 Å². The number of aliphatic hydroxyl groups is 1. The van der Waals surface area contributed by atoms with E-state index in [-0.39, 0.29) is 32.9 Å². The Kier molecular flexibility index (Phi) is 6.09. The molecule has 1 rings (SSSR count). The van der Waals surface area contributed by atoms with Crippen LogP contribution in [0.2, 0.25) is 0 Å². The zero-order valence-corrected chi connectivity index (χ0v) is 12.1. The average Bonchev–Trinajstić information content (AvgIpc) is 2.36. The second-order valence-electron chi connectivity index (χ2n) is 3.12. The van der Waals surface area contributed by atoms with E-state index in [1.54, 1.807) is 18.1 Å². The van der Waals surface area contributed by atoms with Gasteiger partial charge in [0.05, 0.1) is 0 Å². The van der Waals surface area contributed by atoms with Gasteiger partial charge in [-0.15, -0.1) is 11.6 Å². The Morgan fingerprint density at radius 1 is 1.47 bits per heavy atom. The molecule has 2 unspecified atom stereocenters. The molecular weight excluding hydrogens is 415 g/mol. The summed E-state index contributed by atoms with van der Waals surface area (Å²) in [4.78, 5) is 29.9. The fraction of sp³-hybridized carbons (Fsp3) is 0.182. The van der Waals surface area contributed by atoms with E-state index in [9.17, 15) is 19.5 Å². The molecule has 6 heteroatoms. The number of alkyl halides is 1. The van der Waals surface area contributed by atoms with Gasteiger partial charge in [0.15, 0.2) is 10.8 Å². The van der Waals surface area contributed by atoms with Gasteiger partial charge in [-0.2, -0.15) is 0 Å². The molecule has 0 amide bonds. The Morgan fingerprint density at radius 2 is 2.12 bits per heavy atom. The molecule has 0 bridgehead atoms. The zero-order chi connectivity index (χ0) is 12.2. The summed E-state index contributed by atoms with van der Waals surface area (Å²) >= 11 is 5.82. The van der Waals surface area contributed by atoms with Crippen molar-refractivity contribution in [2.75, 3.05) is 0 Å². The smallest absolute Gasteiger partial charge is 0.206 e. The number of aldehydes is 1. The molecule has 0 saturated heterocycles. The van der Waals surface area contributed by atoms with Crippen molar-refractivity contribution in [3.05, 3.63) is 35.6 Å². The number of carbonyl (C=O) groups is 1. The van der Waals surface area contributed by atoms with Gasteiger partial charge < -0.3 is 9.90 Å². The van der Waals surface area contributed by atoms with E-state index in [1.807, 2.05) is 0 Å². The van der Waals surface area contributed by atoms with Crippen LogP contribution in [-0.4, -0.2) is 28.1 Å². The van der Waals surface area contributed by atoms with Crippen LogP contribution in [0.4, 0.5) is 0 Å². The Hall–Kier alpha value is -1.17. The maximum atomic E-state index is 10.9. The number of aliphatic hydroxyl groups excluding tert-OH is 1. The molecule has 0 fully saturated rings. The topological polar surface area (TPSA) is 71.4 Å². The maximum absolute atomic E-state index is 10.9. The normalized spacial score (nSPS) is 20.5. The van der Waals surface area contributed by atoms with Crippen molar-refractivity contribution >= 4 is 29.8 Å². The van der Waals surface area contributed by atoms with E-state index in [2.05, 4.69) is 0 Å². The summed E-state index contributed by atoms with van der Waals surface area (Å²) in [6.07, 6.45) is 6.12. The van der Waals surface area contributed by atoms with Crippen molar-refractivity contribution in [3.63, 3.8) is 0 Å². The van der Waals surface area contributed by atoms with Gasteiger partial charge in [-0.3, -0.25) is 0 Å². The van der Waals surface area contributed by atoms with Gasteiger partial charge in [0.25, 0.3) is 0 Å². The van der Waals surface area contributed by atoms with E-state index >= 15 is 0 Å². The van der Waals surface area contributed by atoms with Crippen molar-refractivity contribution < 1.29 is 40.6 Å². The minimum absolute atomic E-state index is 0. The number of hydrogen-bond acceptors (Lipinski definition) is 4. The molecule has 1 aliphatic rings. The fourth-order valence-electron chi connectivity index (χ4n) is 1.36. The first kappa shape index (κ1) is 15.8. The second kappa shape index (κ2) is 6.54. The first-order valence-electron chi connectivity index (χ1n) is 4.29. The monoisotopic (exact) mass is 422 g/mol. The zero-order valence-electron chi connectivity index (χ0n) is 8.42. The molecule has 1 N–H and O–H groups in total. The fourth-order valence-corrected chi connectivity index (χ4v) is 1.59. The van der Waals surface area contributed by atoms with E-state index in [4.69, 9.17) is 11.6 Å². The van der Waals surface area contributed by atoms with Crippen LogP contribution in [0.25, 0.3) is 0 Å². The van der Waals surface area contributed by atoms with E-state index in [0.29, 0.717) is 0 Å². The van der Waals surface area contributed by atoms with Gasteiger partial charge in [-0.1, -0.05) is 18.2 Å². The molecule has 2 atom stereocenters. The summed E-state index contributed by atoms with van der Waals surface area (Å²) in [6, 6.07) is 0. The van der Waals surface area contributed by atoms with Crippen molar-refractivity contribution in [3.8, 4) is 0 Å². The molecular formula is C11H7ClO4W.